The maximum atomic E-state index is 9.90. The van der Waals surface area contributed by atoms with Crippen LogP contribution in [-0.2, 0) is 4.74 Å². The number of furan rings is 1. The van der Waals surface area contributed by atoms with Crippen molar-refractivity contribution < 1.29 is 14.3 Å². The van der Waals surface area contributed by atoms with E-state index in [9.17, 15) is 5.11 Å². The normalized spacial score (nSPS) is 22.5. The van der Waals surface area contributed by atoms with Crippen molar-refractivity contribution in [1.29, 1.82) is 0 Å². The van der Waals surface area contributed by atoms with E-state index < -0.39 is 6.10 Å². The molecule has 0 saturated carbocycles. The summed E-state index contributed by atoms with van der Waals surface area (Å²) < 4.78 is 11.6. The molecule has 0 radical (unpaired) electrons. The Morgan fingerprint density at radius 3 is 3.06 bits per heavy atom. The Kier molecular flexibility index (Phi) is 4.44. The number of halogens is 1. The lowest BCUT2D eigenvalue weighted by Crippen LogP contribution is -2.05. The molecule has 1 aromatic rings. The van der Waals surface area contributed by atoms with Gasteiger partial charge in [0.1, 0.15) is 11.9 Å². The second-order valence-corrected chi connectivity index (χ2v) is 5.07. The molecule has 1 fully saturated rings. The van der Waals surface area contributed by atoms with Gasteiger partial charge in [-0.25, -0.2) is 0 Å². The van der Waals surface area contributed by atoms with Gasteiger partial charge in [0.2, 0.25) is 0 Å². The van der Waals surface area contributed by atoms with Crippen LogP contribution in [0.25, 0.3) is 0 Å². The van der Waals surface area contributed by atoms with Gasteiger partial charge < -0.3 is 14.3 Å². The Labute approximate surface area is 104 Å². The van der Waals surface area contributed by atoms with E-state index in [4.69, 9.17) is 9.15 Å². The Bertz CT molecular complexity index is 318. The van der Waals surface area contributed by atoms with Gasteiger partial charge in [0.15, 0.2) is 0 Å². The lowest BCUT2D eigenvalue weighted by Gasteiger charge is -2.11. The van der Waals surface area contributed by atoms with Crippen molar-refractivity contribution in [1.82, 2.24) is 0 Å². The Morgan fingerprint density at radius 2 is 2.44 bits per heavy atom. The minimum atomic E-state index is -0.509. The lowest BCUT2D eigenvalue weighted by atomic mass is 10.1. The van der Waals surface area contributed by atoms with Crippen LogP contribution in [0, 0.1) is 0 Å². The molecular weight excluding hydrogens is 272 g/mol. The molecule has 90 valence electrons. The summed E-state index contributed by atoms with van der Waals surface area (Å²) in [6.07, 6.45) is 6.57. The maximum Gasteiger partial charge on any atom is 0.146 e. The molecule has 1 saturated heterocycles. The first-order chi connectivity index (χ1) is 7.77. The molecule has 2 unspecified atom stereocenters. The van der Waals surface area contributed by atoms with E-state index >= 15 is 0 Å². The molecule has 2 rings (SSSR count). The zero-order chi connectivity index (χ0) is 11.4. The Hall–Kier alpha value is -0.320. The van der Waals surface area contributed by atoms with E-state index in [0.29, 0.717) is 11.9 Å². The number of aliphatic hydroxyl groups is 1. The standard InChI is InChI=1S/C12H17BrO3/c13-10-6-8-16-12(10)11(14)5-1-3-9-4-2-7-15-9/h6,8-9,11,14H,1-5,7H2. The summed E-state index contributed by atoms with van der Waals surface area (Å²) in [5.74, 6) is 0.632. The van der Waals surface area contributed by atoms with Crippen molar-refractivity contribution in [3.63, 3.8) is 0 Å². The number of aliphatic hydroxyl groups excluding tert-OH is 1. The van der Waals surface area contributed by atoms with Crippen LogP contribution in [0.15, 0.2) is 21.2 Å². The summed E-state index contributed by atoms with van der Waals surface area (Å²) >= 11 is 3.35. The van der Waals surface area contributed by atoms with E-state index in [1.807, 2.05) is 0 Å². The van der Waals surface area contributed by atoms with Crippen LogP contribution in [0.2, 0.25) is 0 Å². The second kappa shape index (κ2) is 5.84. The predicted octanol–water partition coefficient (Wildman–Crippen LogP) is 3.42. The number of ether oxygens (including phenoxy) is 1. The van der Waals surface area contributed by atoms with Gasteiger partial charge in [-0.15, -0.1) is 0 Å². The third-order valence-corrected chi connectivity index (χ3v) is 3.63. The van der Waals surface area contributed by atoms with Crippen LogP contribution in [0.1, 0.15) is 44.0 Å². The highest BCUT2D eigenvalue weighted by Gasteiger charge is 2.18. The van der Waals surface area contributed by atoms with E-state index in [1.54, 1.807) is 12.3 Å². The van der Waals surface area contributed by atoms with Gasteiger partial charge in [-0.05, 0) is 54.1 Å². The molecule has 16 heavy (non-hydrogen) atoms. The highest BCUT2D eigenvalue weighted by atomic mass is 79.9. The topological polar surface area (TPSA) is 42.6 Å². The van der Waals surface area contributed by atoms with E-state index in [0.717, 1.165) is 30.3 Å². The molecule has 1 N–H and O–H groups in total. The largest absolute Gasteiger partial charge is 0.465 e. The van der Waals surface area contributed by atoms with E-state index in [2.05, 4.69) is 15.9 Å². The van der Waals surface area contributed by atoms with Gasteiger partial charge in [0.25, 0.3) is 0 Å². The van der Waals surface area contributed by atoms with Crippen LogP contribution in [0.4, 0.5) is 0 Å². The fourth-order valence-corrected chi connectivity index (χ4v) is 2.55. The summed E-state index contributed by atoms with van der Waals surface area (Å²) in [6.45, 7) is 0.900. The summed E-state index contributed by atoms with van der Waals surface area (Å²) in [4.78, 5) is 0. The van der Waals surface area contributed by atoms with Crippen LogP contribution in [0.3, 0.4) is 0 Å². The monoisotopic (exact) mass is 288 g/mol. The second-order valence-electron chi connectivity index (χ2n) is 4.21. The van der Waals surface area contributed by atoms with Crippen LogP contribution in [-0.4, -0.2) is 17.8 Å². The van der Waals surface area contributed by atoms with Crippen molar-refractivity contribution in [2.24, 2.45) is 0 Å². The highest BCUT2D eigenvalue weighted by molar-refractivity contribution is 9.10. The molecule has 1 aliphatic rings. The zero-order valence-corrected chi connectivity index (χ0v) is 10.8. The molecule has 2 atom stereocenters. The van der Waals surface area contributed by atoms with Crippen LogP contribution in [0.5, 0.6) is 0 Å². The molecule has 0 spiro atoms. The summed E-state index contributed by atoms with van der Waals surface area (Å²) in [7, 11) is 0. The first-order valence-electron chi connectivity index (χ1n) is 5.80. The minimum Gasteiger partial charge on any atom is -0.465 e. The lowest BCUT2D eigenvalue weighted by molar-refractivity contribution is 0.0906. The smallest absolute Gasteiger partial charge is 0.146 e. The molecular formula is C12H17BrO3. The van der Waals surface area contributed by atoms with Crippen molar-refractivity contribution in [3.05, 3.63) is 22.6 Å². The number of rotatable bonds is 5. The maximum absolute atomic E-state index is 9.90. The Balaban J connectivity index is 1.71. The number of hydrogen-bond acceptors (Lipinski definition) is 3. The first-order valence-corrected chi connectivity index (χ1v) is 6.59. The summed E-state index contributed by atoms with van der Waals surface area (Å²) in [6, 6.07) is 1.80. The van der Waals surface area contributed by atoms with E-state index in [1.165, 1.54) is 12.8 Å². The van der Waals surface area contributed by atoms with Gasteiger partial charge in [-0.3, -0.25) is 0 Å². The molecule has 3 nitrogen and oxygen atoms in total. The molecule has 0 aliphatic carbocycles. The molecule has 0 aromatic carbocycles. The van der Waals surface area contributed by atoms with Crippen molar-refractivity contribution in [3.8, 4) is 0 Å². The predicted molar refractivity (Wildman–Crippen MR) is 64.2 cm³/mol. The van der Waals surface area contributed by atoms with Crippen molar-refractivity contribution >= 4 is 15.9 Å². The number of hydrogen-bond donors (Lipinski definition) is 1. The average molecular weight is 289 g/mol. The molecule has 0 bridgehead atoms. The van der Waals surface area contributed by atoms with Gasteiger partial charge >= 0.3 is 0 Å². The highest BCUT2D eigenvalue weighted by Crippen LogP contribution is 2.28. The summed E-state index contributed by atoms with van der Waals surface area (Å²) in [5, 5.41) is 9.90. The molecule has 4 heteroatoms. The van der Waals surface area contributed by atoms with Crippen LogP contribution < -0.4 is 0 Å². The fraction of sp³-hybridized carbons (Fsp3) is 0.667. The fourth-order valence-electron chi connectivity index (χ4n) is 2.09. The molecule has 2 heterocycles. The van der Waals surface area contributed by atoms with Crippen LogP contribution >= 0.6 is 15.9 Å². The molecule has 0 amide bonds. The quantitative estimate of drug-likeness (QED) is 0.903. The Morgan fingerprint density at radius 1 is 1.56 bits per heavy atom. The summed E-state index contributed by atoms with van der Waals surface area (Å²) in [5.41, 5.74) is 0. The van der Waals surface area contributed by atoms with Gasteiger partial charge in [0, 0.05) is 6.61 Å². The van der Waals surface area contributed by atoms with Crippen molar-refractivity contribution in [2.75, 3.05) is 6.61 Å². The van der Waals surface area contributed by atoms with Gasteiger partial charge in [-0.1, -0.05) is 0 Å². The third kappa shape index (κ3) is 3.09. The van der Waals surface area contributed by atoms with E-state index in [-0.39, 0.29) is 0 Å². The average Bonchev–Trinajstić information content (AvgIpc) is 2.88. The SMILES string of the molecule is OC(CCCC1CCCO1)c1occc1Br. The van der Waals surface area contributed by atoms with Gasteiger partial charge in [0.05, 0.1) is 16.8 Å². The minimum absolute atomic E-state index is 0.409. The first kappa shape index (κ1) is 12.1. The van der Waals surface area contributed by atoms with Gasteiger partial charge in [-0.2, -0.15) is 0 Å². The van der Waals surface area contributed by atoms with Crippen molar-refractivity contribution in [2.45, 2.75) is 44.3 Å². The third-order valence-electron chi connectivity index (χ3n) is 2.98. The molecule has 1 aromatic heterocycles. The zero-order valence-electron chi connectivity index (χ0n) is 9.19. The molecule has 1 aliphatic heterocycles.